The summed E-state index contributed by atoms with van der Waals surface area (Å²) in [6, 6.07) is 7.23. The maximum Gasteiger partial charge on any atom is 0.490 e. The molecule has 51 heavy (non-hydrogen) atoms. The highest BCUT2D eigenvalue weighted by molar-refractivity contribution is 7.66. The maximum absolute atomic E-state index is 12.8. The number of phosphoric ester groups is 1. The van der Waals surface area contributed by atoms with Crippen LogP contribution < -0.4 is 16.7 Å². The van der Waals surface area contributed by atoms with Gasteiger partial charge in [-0.1, -0.05) is 24.3 Å². The molecule has 0 radical (unpaired) electrons. The first-order valence-corrected chi connectivity index (χ1v) is 19.7. The molecular formula is C26H37N6O16P3. The first kappa shape index (κ1) is 40.4. The zero-order valence-corrected chi connectivity index (χ0v) is 29.3. The molecule has 1 fully saturated rings. The van der Waals surface area contributed by atoms with Gasteiger partial charge in [0.1, 0.15) is 35.7 Å². The lowest BCUT2D eigenvalue weighted by molar-refractivity contribution is -0.0795. The van der Waals surface area contributed by atoms with E-state index in [9.17, 15) is 38.2 Å². The van der Waals surface area contributed by atoms with Crippen molar-refractivity contribution in [1.82, 2.24) is 14.9 Å². The maximum atomic E-state index is 12.8. The van der Waals surface area contributed by atoms with E-state index < -0.39 is 66.5 Å². The number of benzene rings is 1. The number of aromatic hydroxyl groups is 1. The third-order valence-electron chi connectivity index (χ3n) is 7.08. The molecule has 7 atom stereocenters. The molecule has 0 bridgehead atoms. The van der Waals surface area contributed by atoms with Crippen LogP contribution in [-0.4, -0.2) is 78.0 Å². The van der Waals surface area contributed by atoms with Crippen molar-refractivity contribution in [3.63, 3.8) is 0 Å². The highest BCUT2D eigenvalue weighted by Crippen LogP contribution is 2.66. The van der Waals surface area contributed by atoms with Gasteiger partial charge in [-0.2, -0.15) is 18.7 Å². The topological polar surface area (TPSA) is 322 Å². The lowest BCUT2D eigenvalue weighted by Gasteiger charge is -2.24. The Bertz CT molecular complexity index is 1770. The van der Waals surface area contributed by atoms with Crippen LogP contribution in [0.25, 0.3) is 0 Å². The first-order chi connectivity index (χ1) is 24.0. The molecular weight excluding hydrogens is 745 g/mol. The van der Waals surface area contributed by atoms with E-state index in [2.05, 4.69) is 35.2 Å². The number of aromatic nitrogens is 2. The molecule has 1 aliphatic carbocycles. The average Bonchev–Trinajstić information content (AvgIpc) is 3.39. The summed E-state index contributed by atoms with van der Waals surface area (Å²) in [5.74, 6) is -0.316. The van der Waals surface area contributed by atoms with Crippen LogP contribution in [0.4, 0.5) is 16.3 Å². The number of rotatable bonds is 15. The fraction of sp³-hybridized carbons (Fsp3) is 0.500. The van der Waals surface area contributed by atoms with Crippen molar-refractivity contribution in [3.05, 3.63) is 59.2 Å². The molecule has 2 aromatic rings. The monoisotopic (exact) mass is 782 g/mol. The molecule has 25 heteroatoms. The zero-order valence-electron chi connectivity index (χ0n) is 26.6. The number of nitrogen functional groups attached to an aromatic ring is 1. The van der Waals surface area contributed by atoms with Crippen LogP contribution in [0.2, 0.25) is 0 Å². The molecule has 0 saturated carbocycles. The first-order valence-electron chi connectivity index (χ1n) is 15.2. The number of alkyl carbamates (subject to hydrolysis) is 1. The van der Waals surface area contributed by atoms with E-state index in [0.717, 1.165) is 23.8 Å². The predicted molar refractivity (Wildman–Crippen MR) is 173 cm³/mol. The lowest BCUT2D eigenvalue weighted by atomic mass is 10.0. The standard InChI is InChI=1S/C26H37N6O16P3/c27-22-12-13-32(25(34)29-22)24-14-20(21(46-24)16-43-50(39,40)48-51(41,42)47-49(36,37)38)45-23(31-30-18-10-6-7-11-19(18)33)15-28-26(35)44-17-8-4-2-1-3-5-9-17/h1-2,6-7,10-13,17,20-21,23-24,33H,3-5,8-9,14-16H2,(H,28,35)(H,39,40)(H,41,42)(H2,27,29,34)(H2,36,37,38)/b2-1+,31-30+/t17?,20?,21-,23?,24-/m1/s1. The number of anilines is 1. The van der Waals surface area contributed by atoms with Crippen LogP contribution in [0, 0.1) is 0 Å². The molecule has 2 aliphatic rings. The molecule has 4 rings (SSSR count). The minimum absolute atomic E-state index is 0.0421. The molecule has 1 aromatic heterocycles. The number of phenols is 1. The molecule has 1 saturated heterocycles. The van der Waals surface area contributed by atoms with Gasteiger partial charge in [-0.15, -0.1) is 5.11 Å². The van der Waals surface area contributed by atoms with Crippen molar-refractivity contribution >= 4 is 41.1 Å². The number of phosphoric acid groups is 3. The number of carbonyl (C=O) groups is 1. The summed E-state index contributed by atoms with van der Waals surface area (Å²) in [7, 11) is -17.1. The average molecular weight is 783 g/mol. The molecule has 1 amide bonds. The molecule has 22 nitrogen and oxygen atoms in total. The van der Waals surface area contributed by atoms with Crippen LogP contribution in [0.5, 0.6) is 5.75 Å². The van der Waals surface area contributed by atoms with E-state index in [1.165, 1.54) is 24.4 Å². The zero-order chi connectivity index (χ0) is 37.2. The third-order valence-corrected chi connectivity index (χ3v) is 10.9. The fourth-order valence-corrected chi connectivity index (χ4v) is 7.91. The quantitative estimate of drug-likeness (QED) is 0.0774. The largest absolute Gasteiger partial charge is 0.506 e. The van der Waals surface area contributed by atoms with Gasteiger partial charge in [0.2, 0.25) is 0 Å². The second-order valence-corrected chi connectivity index (χ2v) is 15.4. The Kier molecular flexibility index (Phi) is 14.2. The number of phenolic OH excluding ortho intramolecular Hbond substituents is 1. The number of amides is 1. The molecule has 1 aromatic carbocycles. The van der Waals surface area contributed by atoms with Crippen molar-refractivity contribution in [1.29, 1.82) is 0 Å². The number of nitrogens with one attached hydrogen (secondary N) is 1. The van der Waals surface area contributed by atoms with Crippen LogP contribution in [0.1, 0.15) is 44.8 Å². The summed E-state index contributed by atoms with van der Waals surface area (Å²) in [6.45, 7) is -1.30. The Morgan fingerprint density at radius 1 is 1.08 bits per heavy atom. The van der Waals surface area contributed by atoms with Gasteiger partial charge in [0.15, 0.2) is 6.23 Å². The minimum atomic E-state index is -5.83. The van der Waals surface area contributed by atoms with E-state index in [1.54, 1.807) is 12.1 Å². The van der Waals surface area contributed by atoms with Crippen molar-refractivity contribution in [2.24, 2.45) is 10.2 Å². The van der Waals surface area contributed by atoms with Gasteiger partial charge in [-0.25, -0.2) is 23.3 Å². The number of carbonyl (C=O) groups excluding carboxylic acids is 1. The van der Waals surface area contributed by atoms with Crippen molar-refractivity contribution in [2.75, 3.05) is 18.9 Å². The van der Waals surface area contributed by atoms with E-state index in [0.29, 0.717) is 12.8 Å². The Hall–Kier alpha value is -3.36. The fourth-order valence-electron chi connectivity index (χ4n) is 4.88. The minimum Gasteiger partial charge on any atom is -0.506 e. The predicted octanol–water partition coefficient (Wildman–Crippen LogP) is 3.27. The summed E-state index contributed by atoms with van der Waals surface area (Å²) < 4.78 is 66.0. The number of nitrogens with two attached hydrogens (primary N) is 1. The molecule has 5 unspecified atom stereocenters. The normalized spacial score (nSPS) is 24.9. The summed E-state index contributed by atoms with van der Waals surface area (Å²) in [4.78, 5) is 66.1. The van der Waals surface area contributed by atoms with Gasteiger partial charge in [-0.05, 0) is 50.3 Å². The number of azo groups is 1. The molecule has 2 heterocycles. The number of para-hydroxylation sites is 1. The van der Waals surface area contributed by atoms with E-state index >= 15 is 0 Å². The van der Waals surface area contributed by atoms with Gasteiger partial charge < -0.3 is 49.9 Å². The van der Waals surface area contributed by atoms with E-state index in [-0.39, 0.29) is 36.3 Å². The summed E-state index contributed by atoms with van der Waals surface area (Å²) in [5.41, 5.74) is 4.79. The van der Waals surface area contributed by atoms with Crippen molar-refractivity contribution in [2.45, 2.75) is 69.3 Å². The SMILES string of the molecule is Nc1ccn([C@H]2CC(OC(CNC(=O)OC3CC/C=C/CCC3)/N=N/c3ccccc3O)[C@@H](COP(=O)(O)OP(=O)(O)OP(=O)(O)O)O2)c(=O)n1. The van der Waals surface area contributed by atoms with Gasteiger partial charge in [0.25, 0.3) is 0 Å². The van der Waals surface area contributed by atoms with Crippen LogP contribution in [-0.2, 0) is 41.1 Å². The Morgan fingerprint density at radius 3 is 2.55 bits per heavy atom. The summed E-state index contributed by atoms with van der Waals surface area (Å²) >= 11 is 0. The highest BCUT2D eigenvalue weighted by Gasteiger charge is 2.44. The molecule has 0 spiro atoms. The van der Waals surface area contributed by atoms with Crippen molar-refractivity contribution in [3.8, 4) is 5.75 Å². The smallest absolute Gasteiger partial charge is 0.490 e. The number of hydrogen-bond acceptors (Lipinski definition) is 16. The highest BCUT2D eigenvalue weighted by atomic mass is 31.3. The Balaban J connectivity index is 1.54. The summed E-state index contributed by atoms with van der Waals surface area (Å²) in [6.07, 6.45) is 2.64. The third kappa shape index (κ3) is 13.6. The van der Waals surface area contributed by atoms with Crippen LogP contribution >= 0.6 is 23.5 Å². The Labute approximate surface area is 289 Å². The lowest BCUT2D eigenvalue weighted by Crippen LogP contribution is -2.39. The van der Waals surface area contributed by atoms with Crippen LogP contribution in [0.3, 0.4) is 0 Å². The summed E-state index contributed by atoms with van der Waals surface area (Å²) in [5, 5.41) is 20.8. The number of hydrogen-bond donors (Lipinski definition) is 7. The van der Waals surface area contributed by atoms with E-state index in [4.69, 9.17) is 34.3 Å². The molecule has 8 N–H and O–H groups in total. The van der Waals surface area contributed by atoms with Gasteiger partial charge >= 0.3 is 35.3 Å². The van der Waals surface area contributed by atoms with E-state index in [1.807, 2.05) is 6.08 Å². The van der Waals surface area contributed by atoms with Gasteiger partial charge in [0.05, 0.1) is 19.3 Å². The Morgan fingerprint density at radius 2 is 1.82 bits per heavy atom. The second-order valence-electron chi connectivity index (χ2n) is 11.0. The molecule has 282 valence electrons. The van der Waals surface area contributed by atoms with Gasteiger partial charge in [0, 0.05) is 12.6 Å². The van der Waals surface area contributed by atoms with Crippen LogP contribution in [0.15, 0.2) is 63.7 Å². The second kappa shape index (κ2) is 17.9. The van der Waals surface area contributed by atoms with Crippen molar-refractivity contribution < 1.29 is 70.5 Å². The number of allylic oxidation sites excluding steroid dienone is 2. The van der Waals surface area contributed by atoms with Gasteiger partial charge in [-0.3, -0.25) is 9.09 Å². The number of ether oxygens (including phenoxy) is 3. The number of nitrogens with zero attached hydrogens (tertiary/aromatic N) is 4. The molecule has 1 aliphatic heterocycles.